The number of aromatic nitrogens is 2. The molecular formula is C13H10BrFN2O3. The van der Waals surface area contributed by atoms with E-state index in [1.54, 1.807) is 6.07 Å². The second kappa shape index (κ2) is 5.96. The number of rotatable bonds is 3. The average molecular weight is 341 g/mol. The van der Waals surface area contributed by atoms with Crippen LogP contribution in [-0.4, -0.2) is 22.6 Å². The lowest BCUT2D eigenvalue weighted by Gasteiger charge is -2.07. The fourth-order valence-electron chi connectivity index (χ4n) is 1.67. The standard InChI is InChI=1S/C13H10BrFN2O3/c1-20-13(19)9-3-2-8(4-11(9)15)6-17-7-16-5-10(14)12(17)18/h2-5,7H,6H2,1H3. The topological polar surface area (TPSA) is 61.2 Å². The molecule has 5 nitrogen and oxygen atoms in total. The van der Waals surface area contributed by atoms with Crippen LogP contribution in [-0.2, 0) is 11.3 Å². The van der Waals surface area contributed by atoms with E-state index < -0.39 is 11.8 Å². The van der Waals surface area contributed by atoms with Gasteiger partial charge in [-0.1, -0.05) is 6.07 Å². The highest BCUT2D eigenvalue weighted by atomic mass is 79.9. The van der Waals surface area contributed by atoms with Gasteiger partial charge in [-0.05, 0) is 33.6 Å². The van der Waals surface area contributed by atoms with Gasteiger partial charge in [-0.15, -0.1) is 0 Å². The first-order valence-electron chi connectivity index (χ1n) is 5.59. The van der Waals surface area contributed by atoms with E-state index in [0.29, 0.717) is 10.0 Å². The maximum atomic E-state index is 13.8. The quantitative estimate of drug-likeness (QED) is 0.801. The van der Waals surface area contributed by atoms with Crippen molar-refractivity contribution in [3.63, 3.8) is 0 Å². The Kier molecular flexibility index (Phi) is 4.29. The largest absolute Gasteiger partial charge is 0.465 e. The molecule has 0 spiro atoms. The number of carbonyl (C=O) groups excluding carboxylic acids is 1. The van der Waals surface area contributed by atoms with E-state index in [0.717, 1.165) is 0 Å². The normalized spacial score (nSPS) is 10.3. The summed E-state index contributed by atoms with van der Waals surface area (Å²) in [5, 5.41) is 0. The summed E-state index contributed by atoms with van der Waals surface area (Å²) in [6, 6.07) is 4.08. The number of carbonyl (C=O) groups is 1. The Labute approximate surface area is 122 Å². The minimum Gasteiger partial charge on any atom is -0.465 e. The molecule has 0 radical (unpaired) electrons. The summed E-state index contributed by atoms with van der Waals surface area (Å²) in [5.41, 5.74) is 0.130. The molecule has 2 rings (SSSR count). The van der Waals surface area contributed by atoms with E-state index in [2.05, 4.69) is 25.7 Å². The van der Waals surface area contributed by atoms with Gasteiger partial charge in [-0.3, -0.25) is 9.36 Å². The molecule has 0 atom stereocenters. The van der Waals surface area contributed by atoms with E-state index in [9.17, 15) is 14.0 Å². The molecule has 20 heavy (non-hydrogen) atoms. The number of hydrogen-bond donors (Lipinski definition) is 0. The zero-order valence-corrected chi connectivity index (χ0v) is 12.1. The lowest BCUT2D eigenvalue weighted by atomic mass is 10.1. The summed E-state index contributed by atoms with van der Waals surface area (Å²) < 4.78 is 19.9. The Morgan fingerprint density at radius 2 is 2.25 bits per heavy atom. The molecule has 104 valence electrons. The minimum absolute atomic E-state index is 0.143. The fraction of sp³-hybridized carbons (Fsp3) is 0.154. The van der Waals surface area contributed by atoms with Crippen LogP contribution in [0, 0.1) is 5.82 Å². The van der Waals surface area contributed by atoms with Gasteiger partial charge >= 0.3 is 5.97 Å². The van der Waals surface area contributed by atoms with E-state index in [1.165, 1.54) is 36.3 Å². The summed E-state index contributed by atoms with van der Waals surface area (Å²) >= 11 is 3.08. The van der Waals surface area contributed by atoms with Gasteiger partial charge in [-0.25, -0.2) is 14.2 Å². The molecule has 2 aromatic rings. The van der Waals surface area contributed by atoms with Gasteiger partial charge in [-0.2, -0.15) is 0 Å². The van der Waals surface area contributed by atoms with Gasteiger partial charge in [0.2, 0.25) is 0 Å². The van der Waals surface area contributed by atoms with Gasteiger partial charge < -0.3 is 4.74 Å². The SMILES string of the molecule is COC(=O)c1ccc(Cn2cncc(Br)c2=O)cc1F. The van der Waals surface area contributed by atoms with E-state index in [-0.39, 0.29) is 17.7 Å². The van der Waals surface area contributed by atoms with Crippen LogP contribution in [0.25, 0.3) is 0 Å². The molecule has 0 saturated heterocycles. The van der Waals surface area contributed by atoms with Crippen molar-refractivity contribution in [2.24, 2.45) is 0 Å². The summed E-state index contributed by atoms with van der Waals surface area (Å²) in [7, 11) is 1.18. The molecule has 0 saturated carbocycles. The molecule has 7 heteroatoms. The highest BCUT2D eigenvalue weighted by Gasteiger charge is 2.12. The van der Waals surface area contributed by atoms with Crippen LogP contribution in [0.15, 0.2) is 40.0 Å². The zero-order valence-electron chi connectivity index (χ0n) is 10.5. The number of ether oxygens (including phenoxy) is 1. The number of hydrogen-bond acceptors (Lipinski definition) is 4. The van der Waals surface area contributed by atoms with Gasteiger partial charge in [0.25, 0.3) is 5.56 Å². The van der Waals surface area contributed by atoms with Crippen molar-refractivity contribution >= 4 is 21.9 Å². The highest BCUT2D eigenvalue weighted by molar-refractivity contribution is 9.10. The van der Waals surface area contributed by atoms with E-state index >= 15 is 0 Å². The Bertz CT molecular complexity index is 715. The third-order valence-electron chi connectivity index (χ3n) is 2.65. The number of esters is 1. The van der Waals surface area contributed by atoms with Crippen LogP contribution in [0.1, 0.15) is 15.9 Å². The molecule has 1 aromatic heterocycles. The maximum Gasteiger partial charge on any atom is 0.340 e. The molecule has 0 aliphatic rings. The van der Waals surface area contributed by atoms with E-state index in [1.807, 2.05) is 0 Å². The van der Waals surface area contributed by atoms with Crippen molar-refractivity contribution in [3.05, 3.63) is 62.5 Å². The van der Waals surface area contributed by atoms with Crippen LogP contribution >= 0.6 is 15.9 Å². The van der Waals surface area contributed by atoms with Crippen LogP contribution < -0.4 is 5.56 Å². The van der Waals surface area contributed by atoms with Crippen molar-refractivity contribution in [3.8, 4) is 0 Å². The maximum absolute atomic E-state index is 13.8. The average Bonchev–Trinajstić information content (AvgIpc) is 2.43. The molecule has 0 amide bonds. The first-order valence-corrected chi connectivity index (χ1v) is 6.39. The predicted molar refractivity (Wildman–Crippen MR) is 73.0 cm³/mol. The molecule has 0 fully saturated rings. The van der Waals surface area contributed by atoms with Crippen LogP contribution in [0.4, 0.5) is 4.39 Å². The highest BCUT2D eigenvalue weighted by Crippen LogP contribution is 2.12. The van der Waals surface area contributed by atoms with Crippen LogP contribution in [0.5, 0.6) is 0 Å². The van der Waals surface area contributed by atoms with Gasteiger partial charge in [0.15, 0.2) is 0 Å². The second-order valence-corrected chi connectivity index (χ2v) is 4.83. The molecular weight excluding hydrogens is 331 g/mol. The lowest BCUT2D eigenvalue weighted by Crippen LogP contribution is -2.21. The molecule has 0 aliphatic heterocycles. The Balaban J connectivity index is 2.31. The summed E-state index contributed by atoms with van der Waals surface area (Å²) in [5.74, 6) is -1.43. The van der Waals surface area contributed by atoms with Crippen LogP contribution in [0.3, 0.4) is 0 Å². The Morgan fingerprint density at radius 3 is 2.90 bits per heavy atom. The van der Waals surface area contributed by atoms with Crippen molar-refractivity contribution in [2.45, 2.75) is 6.54 Å². The van der Waals surface area contributed by atoms with Crippen molar-refractivity contribution in [2.75, 3.05) is 7.11 Å². The summed E-state index contributed by atoms with van der Waals surface area (Å²) in [6.07, 6.45) is 2.75. The van der Waals surface area contributed by atoms with Gasteiger partial charge in [0.05, 0.1) is 25.5 Å². The monoisotopic (exact) mass is 340 g/mol. The molecule has 0 aliphatic carbocycles. The van der Waals surface area contributed by atoms with Crippen molar-refractivity contribution in [1.29, 1.82) is 0 Å². The molecule has 0 N–H and O–H groups in total. The smallest absolute Gasteiger partial charge is 0.340 e. The third-order valence-corrected chi connectivity index (χ3v) is 3.19. The Morgan fingerprint density at radius 1 is 1.50 bits per heavy atom. The summed E-state index contributed by atoms with van der Waals surface area (Å²) in [4.78, 5) is 26.9. The number of benzene rings is 1. The molecule has 1 heterocycles. The van der Waals surface area contributed by atoms with Crippen molar-refractivity contribution in [1.82, 2.24) is 9.55 Å². The minimum atomic E-state index is -0.740. The molecule has 1 aromatic carbocycles. The van der Waals surface area contributed by atoms with Crippen molar-refractivity contribution < 1.29 is 13.9 Å². The number of nitrogens with zero attached hydrogens (tertiary/aromatic N) is 2. The van der Waals surface area contributed by atoms with E-state index in [4.69, 9.17) is 0 Å². The summed E-state index contributed by atoms with van der Waals surface area (Å²) in [6.45, 7) is 0.156. The third kappa shape index (κ3) is 2.93. The molecule has 0 bridgehead atoms. The predicted octanol–water partition coefficient (Wildman–Crippen LogP) is 1.98. The Hall–Kier alpha value is -2.02. The first kappa shape index (κ1) is 14.4. The number of halogens is 2. The lowest BCUT2D eigenvalue weighted by molar-refractivity contribution is 0.0595. The van der Waals surface area contributed by atoms with Crippen LogP contribution in [0.2, 0.25) is 0 Å². The van der Waals surface area contributed by atoms with Gasteiger partial charge in [0.1, 0.15) is 10.3 Å². The number of methoxy groups -OCH3 is 1. The first-order chi connectivity index (χ1) is 9.52. The zero-order chi connectivity index (χ0) is 14.7. The fourth-order valence-corrected chi connectivity index (χ4v) is 2.01. The second-order valence-electron chi connectivity index (χ2n) is 3.98. The van der Waals surface area contributed by atoms with Gasteiger partial charge in [0, 0.05) is 6.20 Å². The molecule has 0 unspecified atom stereocenters.